The van der Waals surface area contributed by atoms with E-state index >= 15 is 0 Å². The summed E-state index contributed by atoms with van der Waals surface area (Å²) in [6, 6.07) is 16.7. The van der Waals surface area contributed by atoms with Crippen LogP contribution >= 0.6 is 0 Å². The number of benzene rings is 2. The minimum absolute atomic E-state index is 0.345. The van der Waals surface area contributed by atoms with Crippen molar-refractivity contribution >= 4 is 5.69 Å². The maximum Gasteiger partial charge on any atom is 0.119 e. The summed E-state index contributed by atoms with van der Waals surface area (Å²) in [7, 11) is 4.11. The molecule has 0 radical (unpaired) electrons. The lowest BCUT2D eigenvalue weighted by molar-refractivity contribution is 0.328. The van der Waals surface area contributed by atoms with E-state index in [1.165, 1.54) is 16.8 Å². The Kier molecular flexibility index (Phi) is 8.33. The first-order valence-corrected chi connectivity index (χ1v) is 8.88. The number of hydrogen-bond donors (Lipinski definition) is 1. The maximum atomic E-state index is 8.21. The Balaban J connectivity index is 1.62. The van der Waals surface area contributed by atoms with Gasteiger partial charge in [0.1, 0.15) is 5.75 Å². The second-order valence-electron chi connectivity index (χ2n) is 6.29. The molecule has 0 fully saturated rings. The highest BCUT2D eigenvalue weighted by atomic mass is 16.5. The highest BCUT2D eigenvalue weighted by Gasteiger charge is 1.98. The second-order valence-corrected chi connectivity index (χ2v) is 6.29. The molecule has 0 heterocycles. The lowest BCUT2D eigenvalue weighted by Crippen LogP contribution is -2.15. The first-order chi connectivity index (χ1) is 12.7. The van der Waals surface area contributed by atoms with Crippen molar-refractivity contribution in [3.05, 3.63) is 70.1 Å². The Labute approximate surface area is 155 Å². The maximum absolute atomic E-state index is 8.21. The number of nitrogens with zero attached hydrogens (tertiary/aromatic N) is 4. The third kappa shape index (κ3) is 7.05. The van der Waals surface area contributed by atoms with E-state index in [1.54, 1.807) is 0 Å². The molecule has 0 aliphatic rings. The van der Waals surface area contributed by atoms with E-state index in [9.17, 15) is 0 Å². The van der Waals surface area contributed by atoms with Crippen molar-refractivity contribution in [1.82, 2.24) is 5.32 Å². The Morgan fingerprint density at radius 2 is 1.73 bits per heavy atom. The number of ether oxygens (including phenoxy) is 1. The molecule has 138 valence electrons. The summed E-state index contributed by atoms with van der Waals surface area (Å²) in [5.41, 5.74) is 12.0. The number of hydrogen-bond acceptors (Lipinski definition) is 4. The van der Waals surface area contributed by atoms with E-state index < -0.39 is 0 Å². The Morgan fingerprint density at radius 3 is 2.38 bits per heavy atom. The molecular formula is C20H27N5O. The minimum Gasteiger partial charge on any atom is -0.493 e. The fourth-order valence-corrected chi connectivity index (χ4v) is 2.56. The summed E-state index contributed by atoms with van der Waals surface area (Å²) in [5, 5.41) is 6.92. The minimum atomic E-state index is 0.345. The van der Waals surface area contributed by atoms with Gasteiger partial charge in [-0.3, -0.25) is 0 Å². The van der Waals surface area contributed by atoms with Crippen LogP contribution in [0.1, 0.15) is 17.5 Å². The van der Waals surface area contributed by atoms with Crippen LogP contribution in [0.4, 0.5) is 5.69 Å². The van der Waals surface area contributed by atoms with Crippen LogP contribution in [0.5, 0.6) is 5.75 Å². The summed E-state index contributed by atoms with van der Waals surface area (Å²) in [6.45, 7) is 2.58. The Hall–Kier alpha value is -2.69. The van der Waals surface area contributed by atoms with Gasteiger partial charge in [0.2, 0.25) is 0 Å². The summed E-state index contributed by atoms with van der Waals surface area (Å²) in [6.07, 6.45) is 2.20. The molecule has 0 spiro atoms. The van der Waals surface area contributed by atoms with E-state index in [2.05, 4.69) is 70.7 Å². The lowest BCUT2D eigenvalue weighted by atomic mass is 10.1. The van der Waals surface area contributed by atoms with E-state index in [0.717, 1.165) is 31.7 Å². The van der Waals surface area contributed by atoms with Crippen molar-refractivity contribution in [2.75, 3.05) is 38.7 Å². The molecule has 1 N–H and O–H groups in total. The van der Waals surface area contributed by atoms with Crippen LogP contribution < -0.4 is 15.0 Å². The number of nitrogens with one attached hydrogen (secondary N) is 1. The lowest BCUT2D eigenvalue weighted by Gasteiger charge is -2.12. The summed E-state index contributed by atoms with van der Waals surface area (Å²) < 4.78 is 5.49. The number of azide groups is 1. The molecule has 0 aliphatic carbocycles. The Bertz CT molecular complexity index is 691. The highest BCUT2D eigenvalue weighted by Crippen LogP contribution is 2.14. The molecule has 0 aromatic heterocycles. The average Bonchev–Trinajstić information content (AvgIpc) is 2.66. The van der Waals surface area contributed by atoms with Gasteiger partial charge in [0.25, 0.3) is 0 Å². The molecule has 2 aromatic rings. The zero-order valence-corrected chi connectivity index (χ0v) is 15.6. The average molecular weight is 353 g/mol. The van der Waals surface area contributed by atoms with E-state index in [-0.39, 0.29) is 0 Å². The van der Waals surface area contributed by atoms with Crippen molar-refractivity contribution in [2.45, 2.75) is 19.4 Å². The van der Waals surface area contributed by atoms with Crippen molar-refractivity contribution in [3.8, 4) is 5.75 Å². The molecule has 6 nitrogen and oxygen atoms in total. The molecule has 0 atom stereocenters. The van der Waals surface area contributed by atoms with Crippen LogP contribution in [0, 0.1) is 0 Å². The van der Waals surface area contributed by atoms with Gasteiger partial charge in [0.05, 0.1) is 13.2 Å². The molecule has 26 heavy (non-hydrogen) atoms. The van der Waals surface area contributed by atoms with Gasteiger partial charge in [-0.25, -0.2) is 0 Å². The first kappa shape index (κ1) is 19.6. The van der Waals surface area contributed by atoms with Crippen LogP contribution in [0.3, 0.4) is 0 Å². The van der Waals surface area contributed by atoms with E-state index in [0.29, 0.717) is 13.2 Å². The fraction of sp³-hybridized carbons (Fsp3) is 0.400. The zero-order valence-electron chi connectivity index (χ0n) is 15.6. The van der Waals surface area contributed by atoms with Crippen molar-refractivity contribution in [2.24, 2.45) is 5.11 Å². The molecule has 0 aliphatic heterocycles. The quantitative estimate of drug-likeness (QED) is 0.285. The normalized spacial score (nSPS) is 10.2. The summed E-state index contributed by atoms with van der Waals surface area (Å²) in [5.74, 6) is 0.795. The summed E-state index contributed by atoms with van der Waals surface area (Å²) in [4.78, 5) is 4.81. The van der Waals surface area contributed by atoms with E-state index in [1.807, 2.05) is 12.1 Å². The van der Waals surface area contributed by atoms with Crippen LogP contribution in [-0.4, -0.2) is 33.8 Å². The highest BCUT2D eigenvalue weighted by molar-refractivity contribution is 5.46. The van der Waals surface area contributed by atoms with Gasteiger partial charge >= 0.3 is 0 Å². The van der Waals surface area contributed by atoms with Crippen LogP contribution in [0.2, 0.25) is 0 Å². The van der Waals surface area contributed by atoms with Crippen molar-refractivity contribution < 1.29 is 4.74 Å². The van der Waals surface area contributed by atoms with Gasteiger partial charge in [-0.05, 0) is 60.3 Å². The number of aryl methyl sites for hydroxylation is 1. The molecule has 0 unspecified atom stereocenters. The molecule has 0 saturated carbocycles. The molecule has 0 bridgehead atoms. The molecule has 0 amide bonds. The molecular weight excluding hydrogens is 326 g/mol. The molecule has 2 aromatic carbocycles. The largest absolute Gasteiger partial charge is 0.493 e. The van der Waals surface area contributed by atoms with Gasteiger partial charge in [-0.1, -0.05) is 29.4 Å². The summed E-state index contributed by atoms with van der Waals surface area (Å²) >= 11 is 0. The van der Waals surface area contributed by atoms with Crippen molar-refractivity contribution in [1.29, 1.82) is 0 Å². The number of rotatable bonds is 11. The van der Waals surface area contributed by atoms with Gasteiger partial charge < -0.3 is 15.0 Å². The topological polar surface area (TPSA) is 73.3 Å². The monoisotopic (exact) mass is 353 g/mol. The zero-order chi connectivity index (χ0) is 18.6. The van der Waals surface area contributed by atoms with Crippen LogP contribution in [-0.2, 0) is 13.0 Å². The predicted molar refractivity (Wildman–Crippen MR) is 107 cm³/mol. The predicted octanol–water partition coefficient (Wildman–Crippen LogP) is 4.16. The fourth-order valence-electron chi connectivity index (χ4n) is 2.56. The number of anilines is 1. The third-order valence-electron chi connectivity index (χ3n) is 4.05. The van der Waals surface area contributed by atoms with Gasteiger partial charge in [-0.2, -0.15) is 0 Å². The molecule has 2 rings (SSSR count). The van der Waals surface area contributed by atoms with Gasteiger partial charge in [-0.15, -0.1) is 0 Å². The van der Waals surface area contributed by atoms with E-state index in [4.69, 9.17) is 10.3 Å². The van der Waals surface area contributed by atoms with Gasteiger partial charge in [0.15, 0.2) is 0 Å². The van der Waals surface area contributed by atoms with Gasteiger partial charge in [0, 0.05) is 31.2 Å². The second kappa shape index (κ2) is 11.0. The first-order valence-electron chi connectivity index (χ1n) is 8.88. The smallest absolute Gasteiger partial charge is 0.119 e. The Morgan fingerprint density at radius 1 is 1.04 bits per heavy atom. The molecule has 6 heteroatoms. The standard InChI is InChI=1S/C20H27N5O/c1-25(2)19-9-5-17(6-10-19)4-3-13-22-16-18-7-11-20(12-8-18)26-15-14-23-24-21/h5-12,22H,3-4,13-16H2,1-2H3. The van der Waals surface area contributed by atoms with Crippen molar-refractivity contribution in [3.63, 3.8) is 0 Å². The SMILES string of the molecule is CN(C)c1ccc(CCCNCc2ccc(OCCN=[N+]=[N-])cc2)cc1. The molecule has 0 saturated heterocycles. The third-order valence-corrected chi connectivity index (χ3v) is 4.05. The van der Waals surface area contributed by atoms with Crippen LogP contribution in [0.15, 0.2) is 53.6 Å². The van der Waals surface area contributed by atoms with Crippen LogP contribution in [0.25, 0.3) is 10.4 Å².